The molecule has 1 heterocycles. The maximum Gasteiger partial charge on any atom is 0.167 e. The van der Waals surface area contributed by atoms with Crippen molar-refractivity contribution >= 4 is 0 Å². The van der Waals surface area contributed by atoms with Crippen molar-refractivity contribution in [2.24, 2.45) is 0 Å². The molecule has 0 saturated carbocycles. The number of ether oxygens (including phenoxy) is 1. The third-order valence-corrected chi connectivity index (χ3v) is 2.75. The van der Waals surface area contributed by atoms with Gasteiger partial charge >= 0.3 is 0 Å². The summed E-state index contributed by atoms with van der Waals surface area (Å²) < 4.78 is 31.2. The fraction of sp³-hybridized carbons (Fsp3) is 0.500. The average molecular weight is 227 g/mol. The minimum Gasteiger partial charge on any atom is -0.489 e. The summed E-state index contributed by atoms with van der Waals surface area (Å²) in [6.45, 7) is 1.42. The Kier molecular flexibility index (Phi) is 3.72. The van der Waals surface area contributed by atoms with Crippen molar-refractivity contribution in [3.63, 3.8) is 0 Å². The van der Waals surface area contributed by atoms with Gasteiger partial charge in [-0.2, -0.15) is 0 Å². The molecule has 0 radical (unpaired) electrons. The van der Waals surface area contributed by atoms with E-state index in [1.807, 2.05) is 0 Å². The van der Waals surface area contributed by atoms with Crippen molar-refractivity contribution < 1.29 is 13.5 Å². The van der Waals surface area contributed by atoms with E-state index < -0.39 is 11.6 Å². The van der Waals surface area contributed by atoms with Crippen LogP contribution in [0.5, 0.6) is 5.75 Å². The highest BCUT2D eigenvalue weighted by atomic mass is 19.1. The maximum atomic E-state index is 13.2. The fourth-order valence-electron chi connectivity index (χ4n) is 1.85. The summed E-state index contributed by atoms with van der Waals surface area (Å²) in [7, 11) is 0. The summed E-state index contributed by atoms with van der Waals surface area (Å²) >= 11 is 0. The zero-order valence-corrected chi connectivity index (χ0v) is 9.01. The van der Waals surface area contributed by atoms with Gasteiger partial charge in [0.25, 0.3) is 0 Å². The molecule has 16 heavy (non-hydrogen) atoms. The monoisotopic (exact) mass is 227 g/mol. The Bertz CT molecular complexity index is 351. The first-order chi connectivity index (χ1) is 7.75. The van der Waals surface area contributed by atoms with Gasteiger partial charge in [-0.3, -0.25) is 0 Å². The fourth-order valence-corrected chi connectivity index (χ4v) is 1.85. The Balaban J connectivity index is 1.88. The van der Waals surface area contributed by atoms with Crippen LogP contribution in [0.25, 0.3) is 0 Å². The Hall–Kier alpha value is -1.16. The highest BCUT2D eigenvalue weighted by Gasteiger charge is 2.14. The largest absolute Gasteiger partial charge is 0.489 e. The van der Waals surface area contributed by atoms with Crippen LogP contribution in [0.3, 0.4) is 0 Å². The van der Waals surface area contributed by atoms with Crippen LogP contribution in [0.15, 0.2) is 18.2 Å². The van der Waals surface area contributed by atoms with Crippen molar-refractivity contribution in [3.05, 3.63) is 29.8 Å². The molecule has 0 amide bonds. The quantitative estimate of drug-likeness (QED) is 0.856. The summed E-state index contributed by atoms with van der Waals surface area (Å²) in [6.07, 6.45) is 3.40. The van der Waals surface area contributed by atoms with Crippen LogP contribution in [0.2, 0.25) is 0 Å². The van der Waals surface area contributed by atoms with E-state index in [2.05, 4.69) is 5.32 Å². The maximum absolute atomic E-state index is 13.2. The molecule has 1 fully saturated rings. The predicted octanol–water partition coefficient (Wildman–Crippen LogP) is 2.49. The van der Waals surface area contributed by atoms with Crippen LogP contribution in [-0.4, -0.2) is 19.2 Å². The molecule has 0 spiro atoms. The Labute approximate surface area is 93.6 Å². The van der Waals surface area contributed by atoms with E-state index in [1.165, 1.54) is 25.0 Å². The number of benzene rings is 1. The number of hydrogen-bond acceptors (Lipinski definition) is 2. The zero-order valence-electron chi connectivity index (χ0n) is 9.01. The average Bonchev–Trinajstić information content (AvgIpc) is 2.29. The lowest BCUT2D eigenvalue weighted by atomic mass is 10.1. The van der Waals surface area contributed by atoms with E-state index in [0.717, 1.165) is 19.0 Å². The van der Waals surface area contributed by atoms with Gasteiger partial charge in [0.2, 0.25) is 0 Å². The number of rotatable bonds is 3. The van der Waals surface area contributed by atoms with Crippen molar-refractivity contribution in [3.8, 4) is 5.75 Å². The van der Waals surface area contributed by atoms with E-state index in [0.29, 0.717) is 6.61 Å². The lowest BCUT2D eigenvalue weighted by molar-refractivity contribution is 0.230. The Morgan fingerprint density at radius 3 is 2.88 bits per heavy atom. The highest BCUT2D eigenvalue weighted by Crippen LogP contribution is 2.18. The smallest absolute Gasteiger partial charge is 0.167 e. The molecule has 0 bridgehead atoms. The standard InChI is InChI=1S/C12H15F2NO/c13-9-4-5-12(11(14)7-9)16-8-10-3-1-2-6-15-10/h4-5,7,10,15H,1-3,6,8H2. The molecule has 0 aliphatic carbocycles. The summed E-state index contributed by atoms with van der Waals surface area (Å²) in [5, 5.41) is 3.30. The molecule has 1 unspecified atom stereocenters. The summed E-state index contributed by atoms with van der Waals surface area (Å²) in [5.41, 5.74) is 0. The molecule has 88 valence electrons. The first kappa shape index (κ1) is 11.3. The second-order valence-electron chi connectivity index (χ2n) is 4.03. The van der Waals surface area contributed by atoms with Gasteiger partial charge in [-0.05, 0) is 31.5 Å². The van der Waals surface area contributed by atoms with E-state index in [-0.39, 0.29) is 11.8 Å². The van der Waals surface area contributed by atoms with Crippen LogP contribution in [0, 0.1) is 11.6 Å². The predicted molar refractivity (Wildman–Crippen MR) is 57.5 cm³/mol. The molecule has 1 N–H and O–H groups in total. The van der Waals surface area contributed by atoms with Crippen molar-refractivity contribution in [1.82, 2.24) is 5.32 Å². The molecule has 1 aliphatic heterocycles. The van der Waals surface area contributed by atoms with Gasteiger partial charge < -0.3 is 10.1 Å². The van der Waals surface area contributed by atoms with Gasteiger partial charge in [0.1, 0.15) is 12.4 Å². The topological polar surface area (TPSA) is 21.3 Å². The molecule has 1 saturated heterocycles. The second-order valence-corrected chi connectivity index (χ2v) is 4.03. The Morgan fingerprint density at radius 2 is 2.19 bits per heavy atom. The van der Waals surface area contributed by atoms with Gasteiger partial charge in [-0.15, -0.1) is 0 Å². The summed E-state index contributed by atoms with van der Waals surface area (Å²) in [6, 6.07) is 3.64. The minimum atomic E-state index is -0.643. The molecule has 1 aromatic carbocycles. The molecule has 1 aliphatic rings. The van der Waals surface area contributed by atoms with Gasteiger partial charge in [0.15, 0.2) is 11.6 Å². The molecule has 2 rings (SSSR count). The van der Waals surface area contributed by atoms with E-state index in [4.69, 9.17) is 4.74 Å². The number of halogens is 2. The molecular weight excluding hydrogens is 212 g/mol. The first-order valence-corrected chi connectivity index (χ1v) is 5.57. The van der Waals surface area contributed by atoms with Crippen molar-refractivity contribution in [1.29, 1.82) is 0 Å². The molecule has 0 aromatic heterocycles. The SMILES string of the molecule is Fc1ccc(OCC2CCCCN2)c(F)c1. The molecule has 2 nitrogen and oxygen atoms in total. The zero-order chi connectivity index (χ0) is 11.4. The van der Waals surface area contributed by atoms with E-state index >= 15 is 0 Å². The van der Waals surface area contributed by atoms with Crippen LogP contribution >= 0.6 is 0 Å². The van der Waals surface area contributed by atoms with Crippen molar-refractivity contribution in [2.75, 3.05) is 13.2 Å². The number of piperidine rings is 1. The third kappa shape index (κ3) is 2.92. The van der Waals surface area contributed by atoms with Crippen molar-refractivity contribution in [2.45, 2.75) is 25.3 Å². The van der Waals surface area contributed by atoms with Gasteiger partial charge in [0.05, 0.1) is 0 Å². The molecule has 1 aromatic rings. The first-order valence-electron chi connectivity index (χ1n) is 5.57. The van der Waals surface area contributed by atoms with Gasteiger partial charge in [-0.25, -0.2) is 8.78 Å². The van der Waals surface area contributed by atoms with E-state index in [9.17, 15) is 8.78 Å². The van der Waals surface area contributed by atoms with Crippen LogP contribution in [0.1, 0.15) is 19.3 Å². The summed E-state index contributed by atoms with van der Waals surface area (Å²) in [5.74, 6) is -1.11. The lowest BCUT2D eigenvalue weighted by Gasteiger charge is -2.23. The molecule has 1 atom stereocenters. The second kappa shape index (κ2) is 5.25. The van der Waals surface area contributed by atoms with Crippen LogP contribution < -0.4 is 10.1 Å². The number of nitrogens with one attached hydrogen (secondary N) is 1. The van der Waals surface area contributed by atoms with Gasteiger partial charge in [0, 0.05) is 12.1 Å². The van der Waals surface area contributed by atoms with E-state index in [1.54, 1.807) is 0 Å². The van der Waals surface area contributed by atoms with Crippen LogP contribution in [0.4, 0.5) is 8.78 Å². The molecular formula is C12H15F2NO. The normalized spacial score (nSPS) is 20.8. The third-order valence-electron chi connectivity index (χ3n) is 2.75. The number of hydrogen-bond donors (Lipinski definition) is 1. The summed E-state index contributed by atoms with van der Waals surface area (Å²) in [4.78, 5) is 0. The van der Waals surface area contributed by atoms with Gasteiger partial charge in [-0.1, -0.05) is 6.42 Å². The Morgan fingerprint density at radius 1 is 1.31 bits per heavy atom. The molecule has 4 heteroatoms. The lowest BCUT2D eigenvalue weighted by Crippen LogP contribution is -2.38. The minimum absolute atomic E-state index is 0.119. The van der Waals surface area contributed by atoms with Crippen LogP contribution in [-0.2, 0) is 0 Å². The highest BCUT2D eigenvalue weighted by molar-refractivity contribution is 5.24.